The predicted molar refractivity (Wildman–Crippen MR) is 152 cm³/mol. The van der Waals surface area contributed by atoms with E-state index in [1.807, 2.05) is 18.2 Å². The monoisotopic (exact) mass is 514 g/mol. The third-order valence-corrected chi connectivity index (χ3v) is 7.54. The summed E-state index contributed by atoms with van der Waals surface area (Å²) in [5, 5.41) is 0.991. The number of unbranched alkanes of at least 4 members (excludes halogenated alkanes) is 1. The van der Waals surface area contributed by atoms with Gasteiger partial charge < -0.3 is 19.9 Å². The molecule has 1 fully saturated rings. The van der Waals surface area contributed by atoms with Crippen molar-refractivity contribution in [3.05, 3.63) is 65.0 Å². The first-order valence-electron chi connectivity index (χ1n) is 13.6. The van der Waals surface area contributed by atoms with E-state index in [0.29, 0.717) is 12.4 Å². The van der Waals surface area contributed by atoms with Crippen molar-refractivity contribution in [3.63, 3.8) is 0 Å². The van der Waals surface area contributed by atoms with Crippen molar-refractivity contribution in [2.45, 2.75) is 45.7 Å². The third-order valence-electron chi connectivity index (χ3n) is 7.54. The number of methoxy groups -OCH3 is 1. The quantitative estimate of drug-likeness (QED) is 0.338. The number of anilines is 1. The minimum absolute atomic E-state index is 0.202. The highest BCUT2D eigenvalue weighted by atomic mass is 16.5. The maximum Gasteiger partial charge on any atom is 0.309 e. The lowest BCUT2D eigenvalue weighted by molar-refractivity contribution is -0.139. The smallest absolute Gasteiger partial charge is 0.309 e. The molecule has 0 aliphatic carbocycles. The van der Waals surface area contributed by atoms with Gasteiger partial charge in [0.05, 0.1) is 24.6 Å². The highest BCUT2D eigenvalue weighted by molar-refractivity contribution is 6.07. The molecule has 3 heterocycles. The third kappa shape index (κ3) is 5.66. The van der Waals surface area contributed by atoms with Gasteiger partial charge in [0.15, 0.2) is 5.82 Å². The Morgan fingerprint density at radius 2 is 1.66 bits per heavy atom. The number of carbonyl (C=O) groups is 1. The van der Waals surface area contributed by atoms with E-state index in [2.05, 4.69) is 57.6 Å². The minimum Gasteiger partial charge on any atom is -0.469 e. The Labute approximate surface area is 224 Å². The lowest BCUT2D eigenvalue weighted by atomic mass is 10.1. The number of aryl methyl sites for hydroxylation is 1. The van der Waals surface area contributed by atoms with E-state index < -0.39 is 0 Å². The summed E-state index contributed by atoms with van der Waals surface area (Å²) < 4.78 is 7.15. The molecule has 1 aliphatic heterocycles. The fourth-order valence-electron chi connectivity index (χ4n) is 5.25. The van der Waals surface area contributed by atoms with Gasteiger partial charge in [-0.15, -0.1) is 0 Å². The van der Waals surface area contributed by atoms with Gasteiger partial charge >= 0.3 is 5.97 Å². The second-order valence-electron chi connectivity index (χ2n) is 10.4. The number of piperazine rings is 1. The number of benzene rings is 2. The lowest BCUT2D eigenvalue weighted by Gasteiger charge is -2.32. The molecule has 4 aromatic rings. The SMILES string of the molecule is CCCCc1nc2c(N)nc3cc(CC(=O)OC)ccc3c2n1Cc1ccc(CN2CCN(C)CC2)cc1. The van der Waals surface area contributed by atoms with E-state index in [1.54, 1.807) is 0 Å². The molecule has 8 nitrogen and oxygen atoms in total. The number of aromatic nitrogens is 3. The molecular weight excluding hydrogens is 476 g/mol. The van der Waals surface area contributed by atoms with Crippen molar-refractivity contribution in [2.24, 2.45) is 0 Å². The van der Waals surface area contributed by atoms with Crippen molar-refractivity contribution in [2.75, 3.05) is 46.1 Å². The number of hydrogen-bond acceptors (Lipinski definition) is 7. The van der Waals surface area contributed by atoms with Gasteiger partial charge in [0, 0.05) is 51.1 Å². The fourth-order valence-corrected chi connectivity index (χ4v) is 5.25. The Morgan fingerprint density at radius 3 is 2.34 bits per heavy atom. The molecule has 0 atom stereocenters. The summed E-state index contributed by atoms with van der Waals surface area (Å²) in [6.07, 6.45) is 3.24. The van der Waals surface area contributed by atoms with Crippen LogP contribution in [0.4, 0.5) is 5.82 Å². The van der Waals surface area contributed by atoms with Gasteiger partial charge in [0.2, 0.25) is 0 Å². The number of rotatable bonds is 9. The van der Waals surface area contributed by atoms with E-state index in [1.165, 1.54) is 18.2 Å². The maximum atomic E-state index is 11.8. The van der Waals surface area contributed by atoms with Gasteiger partial charge in [-0.25, -0.2) is 9.97 Å². The topological polar surface area (TPSA) is 89.5 Å². The fraction of sp³-hybridized carbons (Fsp3) is 0.433. The van der Waals surface area contributed by atoms with Crippen LogP contribution in [0.5, 0.6) is 0 Å². The van der Waals surface area contributed by atoms with E-state index in [0.717, 1.165) is 85.3 Å². The van der Waals surface area contributed by atoms with Gasteiger partial charge in [-0.05, 0) is 36.2 Å². The first-order chi connectivity index (χ1) is 18.4. The zero-order chi connectivity index (χ0) is 26.6. The Bertz CT molecular complexity index is 1420. The first-order valence-corrected chi connectivity index (χ1v) is 13.6. The highest BCUT2D eigenvalue weighted by Crippen LogP contribution is 2.31. The summed E-state index contributed by atoms with van der Waals surface area (Å²) in [5.41, 5.74) is 12.4. The number of esters is 1. The number of likely N-dealkylation sites (N-methyl/N-ethyl adjacent to an activating group) is 1. The molecular formula is C30H38N6O2. The van der Waals surface area contributed by atoms with Crippen LogP contribution < -0.4 is 5.73 Å². The average Bonchev–Trinajstić information content (AvgIpc) is 3.28. The second kappa shape index (κ2) is 11.5. The molecule has 5 rings (SSSR count). The van der Waals surface area contributed by atoms with Crippen LogP contribution in [0.3, 0.4) is 0 Å². The molecule has 0 radical (unpaired) electrons. The largest absolute Gasteiger partial charge is 0.469 e. The van der Waals surface area contributed by atoms with Gasteiger partial charge in [0.25, 0.3) is 0 Å². The minimum atomic E-state index is -0.277. The molecule has 8 heteroatoms. The van der Waals surface area contributed by atoms with Crippen LogP contribution in [0.2, 0.25) is 0 Å². The van der Waals surface area contributed by atoms with Crippen molar-refractivity contribution in [1.82, 2.24) is 24.3 Å². The molecule has 0 bridgehead atoms. The number of ether oxygens (including phenoxy) is 1. The molecule has 2 aromatic heterocycles. The number of nitrogens with two attached hydrogens (primary N) is 1. The number of imidazole rings is 1. The van der Waals surface area contributed by atoms with Crippen LogP contribution in [-0.2, 0) is 35.5 Å². The Kier molecular flexibility index (Phi) is 7.90. The molecule has 0 spiro atoms. The number of hydrogen-bond donors (Lipinski definition) is 1. The maximum absolute atomic E-state index is 11.8. The number of nitrogen functional groups attached to an aromatic ring is 1. The molecule has 1 aliphatic rings. The van der Waals surface area contributed by atoms with Crippen molar-refractivity contribution in [1.29, 1.82) is 0 Å². The Balaban J connectivity index is 1.48. The molecule has 0 saturated carbocycles. The van der Waals surface area contributed by atoms with E-state index >= 15 is 0 Å². The molecule has 38 heavy (non-hydrogen) atoms. The van der Waals surface area contributed by atoms with Gasteiger partial charge in [-0.3, -0.25) is 9.69 Å². The van der Waals surface area contributed by atoms with Gasteiger partial charge in [-0.1, -0.05) is 49.7 Å². The number of carbonyl (C=O) groups excluding carboxylic acids is 1. The van der Waals surface area contributed by atoms with Crippen molar-refractivity contribution in [3.8, 4) is 0 Å². The Morgan fingerprint density at radius 1 is 0.974 bits per heavy atom. The predicted octanol–water partition coefficient (Wildman–Crippen LogP) is 4.02. The van der Waals surface area contributed by atoms with Gasteiger partial charge in [-0.2, -0.15) is 0 Å². The van der Waals surface area contributed by atoms with Crippen molar-refractivity contribution >= 4 is 33.7 Å². The van der Waals surface area contributed by atoms with Gasteiger partial charge in [0.1, 0.15) is 11.3 Å². The van der Waals surface area contributed by atoms with Crippen LogP contribution in [0.15, 0.2) is 42.5 Å². The van der Waals surface area contributed by atoms with Crippen LogP contribution in [0.25, 0.3) is 21.9 Å². The Hall–Kier alpha value is -3.49. The van der Waals surface area contributed by atoms with Crippen LogP contribution in [-0.4, -0.2) is 70.6 Å². The van der Waals surface area contributed by atoms with Crippen LogP contribution >= 0.6 is 0 Å². The molecule has 200 valence electrons. The molecule has 1 saturated heterocycles. The summed E-state index contributed by atoms with van der Waals surface area (Å²) in [6, 6.07) is 14.9. The standard InChI is InChI=1S/C30H38N6O2/c1-4-5-6-26-33-28-29(24-12-11-23(18-27(37)38-3)17-25(24)32-30(28)31)36(26)20-22-9-7-21(8-10-22)19-35-15-13-34(2)14-16-35/h7-12,17H,4-6,13-16,18-20H2,1-3H3,(H2,31,32). The van der Waals surface area contributed by atoms with E-state index in [4.69, 9.17) is 15.5 Å². The number of pyridine rings is 1. The van der Waals surface area contributed by atoms with Crippen molar-refractivity contribution < 1.29 is 9.53 Å². The van der Waals surface area contributed by atoms with E-state index in [-0.39, 0.29) is 12.4 Å². The van der Waals surface area contributed by atoms with E-state index in [9.17, 15) is 4.79 Å². The first kappa shape index (κ1) is 26.1. The summed E-state index contributed by atoms with van der Waals surface area (Å²) in [6.45, 7) is 8.39. The molecule has 2 aromatic carbocycles. The summed E-state index contributed by atoms with van der Waals surface area (Å²) >= 11 is 0. The second-order valence-corrected chi connectivity index (χ2v) is 10.4. The summed E-state index contributed by atoms with van der Waals surface area (Å²) in [4.78, 5) is 26.4. The van der Waals surface area contributed by atoms with Crippen LogP contribution in [0, 0.1) is 0 Å². The summed E-state index contributed by atoms with van der Waals surface area (Å²) in [7, 11) is 3.59. The highest BCUT2D eigenvalue weighted by Gasteiger charge is 2.19. The number of nitrogens with zero attached hydrogens (tertiary/aromatic N) is 5. The normalized spacial score (nSPS) is 14.9. The summed E-state index contributed by atoms with van der Waals surface area (Å²) in [5.74, 6) is 1.17. The van der Waals surface area contributed by atoms with Crippen LogP contribution in [0.1, 0.15) is 42.3 Å². The molecule has 2 N–H and O–H groups in total. The number of fused-ring (bicyclic) bond motifs is 3. The zero-order valence-electron chi connectivity index (χ0n) is 22.7. The lowest BCUT2D eigenvalue weighted by Crippen LogP contribution is -2.43. The molecule has 0 amide bonds. The molecule has 0 unspecified atom stereocenters. The zero-order valence-corrected chi connectivity index (χ0v) is 22.7. The average molecular weight is 515 g/mol.